The van der Waals surface area contributed by atoms with Gasteiger partial charge in [0.1, 0.15) is 11.4 Å². The Bertz CT molecular complexity index is 593. The second-order valence-corrected chi connectivity index (χ2v) is 3.67. The number of rotatable bonds is 4. The highest BCUT2D eigenvalue weighted by Gasteiger charge is 2.14. The number of benzene rings is 2. The second kappa shape index (κ2) is 5.23. The van der Waals surface area contributed by atoms with E-state index in [-0.39, 0.29) is 11.5 Å². The Morgan fingerprint density at radius 1 is 1.11 bits per heavy atom. The van der Waals surface area contributed by atoms with Gasteiger partial charge in [0.25, 0.3) is 0 Å². The van der Waals surface area contributed by atoms with Gasteiger partial charge in [0, 0.05) is 5.56 Å². The van der Waals surface area contributed by atoms with E-state index in [1.807, 2.05) is 0 Å². The predicted molar refractivity (Wildman–Crippen MR) is 68.3 cm³/mol. The Labute approximate surface area is 104 Å². The summed E-state index contributed by atoms with van der Waals surface area (Å²) in [6.45, 7) is 0. The van der Waals surface area contributed by atoms with Gasteiger partial charge in [-0.15, -0.1) is 4.91 Å². The van der Waals surface area contributed by atoms with E-state index in [2.05, 4.69) is 5.18 Å². The number of nitroso groups, excluding NO2 is 1. The van der Waals surface area contributed by atoms with Crippen LogP contribution in [0.4, 0.5) is 5.69 Å². The molecule has 4 nitrogen and oxygen atoms in total. The molecule has 0 spiro atoms. The van der Waals surface area contributed by atoms with E-state index in [1.165, 1.54) is 13.2 Å². The molecule has 0 aliphatic heterocycles. The van der Waals surface area contributed by atoms with Gasteiger partial charge in [0.2, 0.25) is 0 Å². The number of carbonyl (C=O) groups is 1. The molecule has 0 saturated heterocycles. The first-order chi connectivity index (χ1) is 8.76. The summed E-state index contributed by atoms with van der Waals surface area (Å²) < 4.78 is 5.06. The highest BCUT2D eigenvalue weighted by Crippen LogP contribution is 2.23. The van der Waals surface area contributed by atoms with E-state index >= 15 is 0 Å². The van der Waals surface area contributed by atoms with Gasteiger partial charge >= 0.3 is 0 Å². The Morgan fingerprint density at radius 2 is 1.89 bits per heavy atom. The number of carbonyl (C=O) groups excluding carboxylic acids is 1. The van der Waals surface area contributed by atoms with Crippen molar-refractivity contribution in [3.05, 3.63) is 64.6 Å². The first-order valence-electron chi connectivity index (χ1n) is 5.37. The summed E-state index contributed by atoms with van der Waals surface area (Å²) in [5.41, 5.74) is 0.900. The third-order valence-corrected chi connectivity index (χ3v) is 2.58. The third kappa shape index (κ3) is 2.27. The van der Waals surface area contributed by atoms with Crippen LogP contribution in [0.2, 0.25) is 0 Å². The number of methoxy groups -OCH3 is 1. The van der Waals surface area contributed by atoms with E-state index in [4.69, 9.17) is 4.74 Å². The molecule has 0 atom stereocenters. The number of ketones is 1. The van der Waals surface area contributed by atoms with Gasteiger partial charge in [-0.3, -0.25) is 4.79 Å². The molecule has 0 aliphatic carbocycles. The van der Waals surface area contributed by atoms with Crippen LogP contribution in [0.3, 0.4) is 0 Å². The van der Waals surface area contributed by atoms with Crippen molar-refractivity contribution < 1.29 is 9.53 Å². The standard InChI is InChI=1S/C14H11NO3/c1-18-11-6-4-5-10(9-11)14(16)12-7-2-3-8-13(12)15-17/h2-9H,1H3. The van der Waals surface area contributed by atoms with Gasteiger partial charge in [-0.2, -0.15) is 0 Å². The minimum atomic E-state index is -0.246. The first-order valence-corrected chi connectivity index (χ1v) is 5.37. The molecule has 2 aromatic rings. The van der Waals surface area contributed by atoms with E-state index in [1.54, 1.807) is 42.5 Å². The van der Waals surface area contributed by atoms with Crippen LogP contribution in [0.15, 0.2) is 53.7 Å². The van der Waals surface area contributed by atoms with E-state index in [9.17, 15) is 9.70 Å². The maximum Gasteiger partial charge on any atom is 0.195 e. The molecule has 0 aliphatic rings. The van der Waals surface area contributed by atoms with Gasteiger partial charge in [-0.05, 0) is 29.4 Å². The lowest BCUT2D eigenvalue weighted by Crippen LogP contribution is -2.01. The largest absolute Gasteiger partial charge is 0.497 e. The molecule has 18 heavy (non-hydrogen) atoms. The molecule has 0 amide bonds. The van der Waals surface area contributed by atoms with Crippen molar-refractivity contribution in [3.63, 3.8) is 0 Å². The summed E-state index contributed by atoms with van der Waals surface area (Å²) >= 11 is 0. The summed E-state index contributed by atoms with van der Waals surface area (Å²) in [6, 6.07) is 13.2. The van der Waals surface area contributed by atoms with Crippen molar-refractivity contribution in [1.29, 1.82) is 0 Å². The van der Waals surface area contributed by atoms with Crippen molar-refractivity contribution in [2.24, 2.45) is 5.18 Å². The fourth-order valence-electron chi connectivity index (χ4n) is 1.67. The van der Waals surface area contributed by atoms with Gasteiger partial charge in [0.05, 0.1) is 12.7 Å². The fraction of sp³-hybridized carbons (Fsp3) is 0.0714. The monoisotopic (exact) mass is 241 g/mol. The Kier molecular flexibility index (Phi) is 3.48. The lowest BCUT2D eigenvalue weighted by atomic mass is 10.0. The van der Waals surface area contributed by atoms with Crippen LogP contribution in [0.5, 0.6) is 5.75 Å². The average molecular weight is 241 g/mol. The molecule has 0 unspecified atom stereocenters. The molecule has 0 N–H and O–H groups in total. The Hall–Kier alpha value is -2.49. The fourth-order valence-corrected chi connectivity index (χ4v) is 1.67. The second-order valence-electron chi connectivity index (χ2n) is 3.67. The van der Waals surface area contributed by atoms with Crippen LogP contribution in [0.1, 0.15) is 15.9 Å². The maximum atomic E-state index is 12.2. The molecule has 0 saturated carbocycles. The third-order valence-electron chi connectivity index (χ3n) is 2.58. The number of hydrogen-bond acceptors (Lipinski definition) is 4. The van der Waals surface area contributed by atoms with Gasteiger partial charge in [-0.1, -0.05) is 24.3 Å². The zero-order chi connectivity index (χ0) is 13.0. The molecule has 4 heteroatoms. The first kappa shape index (κ1) is 12.0. The van der Waals surface area contributed by atoms with Gasteiger partial charge in [-0.25, -0.2) is 0 Å². The quantitative estimate of drug-likeness (QED) is 0.609. The van der Waals surface area contributed by atoms with Crippen LogP contribution >= 0.6 is 0 Å². The Balaban J connectivity index is 2.44. The molecule has 0 fully saturated rings. The van der Waals surface area contributed by atoms with Crippen LogP contribution in [-0.4, -0.2) is 12.9 Å². The number of hydrogen-bond donors (Lipinski definition) is 0. The highest BCUT2D eigenvalue weighted by molar-refractivity contribution is 6.12. The molecule has 2 aromatic carbocycles. The van der Waals surface area contributed by atoms with Crippen molar-refractivity contribution in [2.45, 2.75) is 0 Å². The summed E-state index contributed by atoms with van der Waals surface area (Å²) in [6.07, 6.45) is 0. The van der Waals surface area contributed by atoms with Crippen LogP contribution in [0, 0.1) is 4.91 Å². The van der Waals surface area contributed by atoms with E-state index in [0.717, 1.165) is 0 Å². The van der Waals surface area contributed by atoms with Crippen LogP contribution in [0.25, 0.3) is 0 Å². The normalized spacial score (nSPS) is 9.83. The molecule has 2 rings (SSSR count). The van der Waals surface area contributed by atoms with Crippen molar-refractivity contribution in [3.8, 4) is 5.75 Å². The van der Waals surface area contributed by atoms with Crippen LogP contribution < -0.4 is 4.74 Å². The van der Waals surface area contributed by atoms with Crippen LogP contribution in [-0.2, 0) is 0 Å². The predicted octanol–water partition coefficient (Wildman–Crippen LogP) is 3.32. The topological polar surface area (TPSA) is 55.7 Å². The summed E-state index contributed by atoms with van der Waals surface area (Å²) in [5.74, 6) is 0.349. The highest BCUT2D eigenvalue weighted by atomic mass is 16.5. The average Bonchev–Trinajstić information content (AvgIpc) is 2.46. The zero-order valence-electron chi connectivity index (χ0n) is 9.79. The van der Waals surface area contributed by atoms with Crippen molar-refractivity contribution in [2.75, 3.05) is 7.11 Å². The molecule has 0 heterocycles. The lowest BCUT2D eigenvalue weighted by molar-refractivity contribution is 0.103. The number of nitrogens with zero attached hydrogens (tertiary/aromatic N) is 1. The number of ether oxygens (including phenoxy) is 1. The Morgan fingerprint density at radius 3 is 2.61 bits per heavy atom. The SMILES string of the molecule is COc1cccc(C(=O)c2ccccc2N=O)c1. The van der Waals surface area contributed by atoms with E-state index < -0.39 is 0 Å². The van der Waals surface area contributed by atoms with E-state index in [0.29, 0.717) is 16.9 Å². The van der Waals surface area contributed by atoms with Gasteiger partial charge in [0.15, 0.2) is 5.78 Å². The summed E-state index contributed by atoms with van der Waals surface area (Å²) in [7, 11) is 1.53. The molecular formula is C14H11NO3. The smallest absolute Gasteiger partial charge is 0.195 e. The van der Waals surface area contributed by atoms with Gasteiger partial charge < -0.3 is 4.74 Å². The summed E-state index contributed by atoms with van der Waals surface area (Å²) in [5, 5.41) is 2.86. The van der Waals surface area contributed by atoms with Crippen molar-refractivity contribution >= 4 is 11.5 Å². The van der Waals surface area contributed by atoms with Crippen molar-refractivity contribution in [1.82, 2.24) is 0 Å². The molecule has 90 valence electrons. The maximum absolute atomic E-state index is 12.2. The molecule has 0 bridgehead atoms. The lowest BCUT2D eigenvalue weighted by Gasteiger charge is -2.05. The molecule has 0 aromatic heterocycles. The minimum Gasteiger partial charge on any atom is -0.497 e. The zero-order valence-corrected chi connectivity index (χ0v) is 9.79. The molecular weight excluding hydrogens is 230 g/mol. The molecule has 0 radical (unpaired) electrons. The minimum absolute atomic E-state index is 0.144. The summed E-state index contributed by atoms with van der Waals surface area (Å²) in [4.78, 5) is 22.9.